The van der Waals surface area contributed by atoms with E-state index in [2.05, 4.69) is 5.32 Å². The number of ether oxygens (including phenoxy) is 1. The summed E-state index contributed by atoms with van der Waals surface area (Å²) in [6.45, 7) is 1.49. The molecular weight excluding hydrogens is 324 g/mol. The summed E-state index contributed by atoms with van der Waals surface area (Å²) in [5.41, 5.74) is 1.15. The SMILES string of the molecule is CSc1ccccc1C(=O)OC(C)C(=O)Nc1ccccc1C#N. The Hall–Kier alpha value is -2.78. The summed E-state index contributed by atoms with van der Waals surface area (Å²) in [6.07, 6.45) is 0.875. The van der Waals surface area contributed by atoms with Crippen LogP contribution >= 0.6 is 11.8 Å². The molecule has 1 atom stereocenters. The molecule has 0 radical (unpaired) electrons. The van der Waals surface area contributed by atoms with Crippen molar-refractivity contribution in [2.75, 3.05) is 11.6 Å². The molecule has 0 fully saturated rings. The van der Waals surface area contributed by atoms with E-state index in [-0.39, 0.29) is 0 Å². The minimum atomic E-state index is -0.987. The highest BCUT2D eigenvalue weighted by atomic mass is 32.2. The fraction of sp³-hybridized carbons (Fsp3) is 0.167. The van der Waals surface area contributed by atoms with Gasteiger partial charge in [-0.05, 0) is 37.4 Å². The van der Waals surface area contributed by atoms with E-state index in [9.17, 15) is 9.59 Å². The zero-order valence-electron chi connectivity index (χ0n) is 13.3. The first-order chi connectivity index (χ1) is 11.6. The number of anilines is 1. The van der Waals surface area contributed by atoms with E-state index < -0.39 is 18.0 Å². The molecule has 0 heterocycles. The van der Waals surface area contributed by atoms with Gasteiger partial charge in [-0.25, -0.2) is 4.79 Å². The first kappa shape index (κ1) is 17.6. The van der Waals surface area contributed by atoms with Gasteiger partial charge in [0.25, 0.3) is 5.91 Å². The maximum atomic E-state index is 12.2. The van der Waals surface area contributed by atoms with E-state index >= 15 is 0 Å². The molecule has 2 aromatic rings. The number of nitrogens with one attached hydrogen (secondary N) is 1. The number of carbonyl (C=O) groups excluding carboxylic acids is 2. The van der Waals surface area contributed by atoms with Crippen LogP contribution in [0.3, 0.4) is 0 Å². The molecule has 0 saturated heterocycles. The summed E-state index contributed by atoms with van der Waals surface area (Å²) < 4.78 is 5.24. The van der Waals surface area contributed by atoms with Crippen molar-refractivity contribution in [3.63, 3.8) is 0 Å². The highest BCUT2D eigenvalue weighted by Crippen LogP contribution is 2.21. The van der Waals surface area contributed by atoms with Gasteiger partial charge in [-0.15, -0.1) is 11.8 Å². The Labute approximate surface area is 144 Å². The fourth-order valence-electron chi connectivity index (χ4n) is 2.01. The van der Waals surface area contributed by atoms with E-state index in [0.29, 0.717) is 16.8 Å². The molecule has 0 bridgehead atoms. The van der Waals surface area contributed by atoms with E-state index in [1.165, 1.54) is 18.7 Å². The molecule has 0 aliphatic carbocycles. The molecule has 1 N–H and O–H groups in total. The van der Waals surface area contributed by atoms with Crippen molar-refractivity contribution in [2.24, 2.45) is 0 Å². The maximum absolute atomic E-state index is 12.2. The number of thioether (sulfide) groups is 1. The fourth-order valence-corrected chi connectivity index (χ4v) is 2.60. The van der Waals surface area contributed by atoms with E-state index in [1.54, 1.807) is 36.4 Å². The molecule has 5 nitrogen and oxygen atoms in total. The van der Waals surface area contributed by atoms with Crippen molar-refractivity contribution in [1.82, 2.24) is 0 Å². The monoisotopic (exact) mass is 340 g/mol. The molecule has 1 amide bonds. The zero-order valence-corrected chi connectivity index (χ0v) is 14.1. The third-order valence-electron chi connectivity index (χ3n) is 3.29. The van der Waals surface area contributed by atoms with Gasteiger partial charge >= 0.3 is 5.97 Å². The minimum Gasteiger partial charge on any atom is -0.449 e. The Kier molecular flexibility index (Phi) is 5.99. The van der Waals surface area contributed by atoms with Gasteiger partial charge < -0.3 is 10.1 Å². The van der Waals surface area contributed by atoms with Crippen LogP contribution in [0.15, 0.2) is 53.4 Å². The standard InChI is InChI=1S/C18H16N2O3S/c1-12(17(21)20-15-9-5-3-7-13(15)11-19)23-18(22)14-8-4-6-10-16(14)24-2/h3-10,12H,1-2H3,(H,20,21). The largest absolute Gasteiger partial charge is 0.449 e. The van der Waals surface area contributed by atoms with Crippen LogP contribution in [-0.4, -0.2) is 24.2 Å². The van der Waals surface area contributed by atoms with Gasteiger partial charge in [0.1, 0.15) is 6.07 Å². The first-order valence-corrected chi connectivity index (χ1v) is 8.43. The van der Waals surface area contributed by atoms with Gasteiger partial charge in [-0.2, -0.15) is 5.26 Å². The number of para-hydroxylation sites is 1. The molecule has 2 aromatic carbocycles. The minimum absolute atomic E-state index is 0.345. The van der Waals surface area contributed by atoms with Gasteiger partial charge in [0, 0.05) is 4.90 Å². The predicted octanol–water partition coefficient (Wildman–Crippen LogP) is 3.46. The average molecular weight is 340 g/mol. The molecule has 0 aromatic heterocycles. The molecule has 1 unspecified atom stereocenters. The lowest BCUT2D eigenvalue weighted by molar-refractivity contribution is -0.123. The van der Waals surface area contributed by atoms with Crippen LogP contribution in [0.1, 0.15) is 22.8 Å². The predicted molar refractivity (Wildman–Crippen MR) is 92.9 cm³/mol. The number of carbonyl (C=O) groups is 2. The van der Waals surface area contributed by atoms with Gasteiger partial charge in [-0.3, -0.25) is 4.79 Å². The molecule has 0 aliphatic heterocycles. The summed E-state index contributed by atoms with van der Waals surface area (Å²) in [7, 11) is 0. The zero-order chi connectivity index (χ0) is 17.5. The highest BCUT2D eigenvalue weighted by molar-refractivity contribution is 7.98. The second-order valence-electron chi connectivity index (χ2n) is 4.89. The second-order valence-corrected chi connectivity index (χ2v) is 5.74. The lowest BCUT2D eigenvalue weighted by Crippen LogP contribution is -2.30. The number of hydrogen-bond donors (Lipinski definition) is 1. The number of rotatable bonds is 5. The second kappa shape index (κ2) is 8.18. The van der Waals surface area contributed by atoms with E-state index in [4.69, 9.17) is 10.00 Å². The Balaban J connectivity index is 2.06. The van der Waals surface area contributed by atoms with E-state index in [0.717, 1.165) is 4.90 Å². The topological polar surface area (TPSA) is 79.2 Å². The van der Waals surface area contributed by atoms with Crippen molar-refractivity contribution in [3.8, 4) is 6.07 Å². The number of benzene rings is 2. The van der Waals surface area contributed by atoms with Crippen LogP contribution < -0.4 is 5.32 Å². The molecule has 6 heteroatoms. The third-order valence-corrected chi connectivity index (χ3v) is 4.08. The maximum Gasteiger partial charge on any atom is 0.340 e. The number of nitrogens with zero attached hydrogens (tertiary/aromatic N) is 1. The van der Waals surface area contributed by atoms with Crippen LogP contribution in [0.25, 0.3) is 0 Å². The smallest absolute Gasteiger partial charge is 0.340 e. The van der Waals surface area contributed by atoms with Crippen LogP contribution in [0, 0.1) is 11.3 Å². The van der Waals surface area contributed by atoms with Crippen LogP contribution in [-0.2, 0) is 9.53 Å². The van der Waals surface area contributed by atoms with Crippen molar-refractivity contribution in [2.45, 2.75) is 17.9 Å². The molecule has 2 rings (SSSR count). The summed E-state index contributed by atoms with van der Waals surface area (Å²) in [4.78, 5) is 25.2. The van der Waals surface area contributed by atoms with Crippen LogP contribution in [0.2, 0.25) is 0 Å². The van der Waals surface area contributed by atoms with Crippen molar-refractivity contribution in [3.05, 3.63) is 59.7 Å². The van der Waals surface area contributed by atoms with Gasteiger partial charge in [0.2, 0.25) is 0 Å². The summed E-state index contributed by atoms with van der Waals surface area (Å²) >= 11 is 1.43. The first-order valence-electron chi connectivity index (χ1n) is 7.20. The van der Waals surface area contributed by atoms with Gasteiger partial charge in [0.05, 0.1) is 16.8 Å². The van der Waals surface area contributed by atoms with Crippen molar-refractivity contribution < 1.29 is 14.3 Å². The van der Waals surface area contributed by atoms with Crippen LogP contribution in [0.4, 0.5) is 5.69 Å². The summed E-state index contributed by atoms with van der Waals surface area (Å²) in [6, 6.07) is 15.7. The number of esters is 1. The molecule has 0 aliphatic rings. The highest BCUT2D eigenvalue weighted by Gasteiger charge is 2.21. The quantitative estimate of drug-likeness (QED) is 0.666. The molecule has 122 valence electrons. The lowest BCUT2D eigenvalue weighted by Gasteiger charge is -2.15. The summed E-state index contributed by atoms with van der Waals surface area (Å²) in [5.74, 6) is -1.05. The lowest BCUT2D eigenvalue weighted by atomic mass is 10.2. The Morgan fingerprint density at radius 3 is 2.54 bits per heavy atom. The van der Waals surface area contributed by atoms with Crippen molar-refractivity contribution >= 4 is 29.3 Å². The normalized spacial score (nSPS) is 11.2. The van der Waals surface area contributed by atoms with Gasteiger partial charge in [0.15, 0.2) is 6.10 Å². The molecule has 24 heavy (non-hydrogen) atoms. The number of amides is 1. The Morgan fingerprint density at radius 2 is 1.83 bits per heavy atom. The number of nitriles is 1. The van der Waals surface area contributed by atoms with Gasteiger partial charge in [-0.1, -0.05) is 24.3 Å². The summed E-state index contributed by atoms with van der Waals surface area (Å²) in [5, 5.41) is 11.6. The number of hydrogen-bond acceptors (Lipinski definition) is 5. The van der Waals surface area contributed by atoms with Crippen LogP contribution in [0.5, 0.6) is 0 Å². The molecule has 0 saturated carbocycles. The molecule has 0 spiro atoms. The molecular formula is C18H16N2O3S. The Bertz CT molecular complexity index is 799. The Morgan fingerprint density at radius 1 is 1.17 bits per heavy atom. The van der Waals surface area contributed by atoms with E-state index in [1.807, 2.05) is 24.5 Å². The third kappa shape index (κ3) is 4.15. The average Bonchev–Trinajstić information content (AvgIpc) is 2.61. The van der Waals surface area contributed by atoms with Crippen molar-refractivity contribution in [1.29, 1.82) is 5.26 Å².